The number of aryl methyl sites for hydroxylation is 3. The number of rotatable bonds is 6. The van der Waals surface area contributed by atoms with Crippen molar-refractivity contribution in [1.29, 1.82) is 0 Å². The summed E-state index contributed by atoms with van der Waals surface area (Å²) in [6, 6.07) is 10.8. The molecule has 0 saturated carbocycles. The molecule has 0 unspecified atom stereocenters. The van der Waals surface area contributed by atoms with E-state index >= 15 is 0 Å². The van der Waals surface area contributed by atoms with Crippen LogP contribution < -0.4 is 14.5 Å². The molecule has 0 bridgehead atoms. The summed E-state index contributed by atoms with van der Waals surface area (Å²) < 4.78 is 11.5. The van der Waals surface area contributed by atoms with Crippen LogP contribution in [0.5, 0.6) is 5.75 Å². The van der Waals surface area contributed by atoms with Crippen molar-refractivity contribution in [2.24, 2.45) is 0 Å². The Balaban J connectivity index is 1.50. The third-order valence-corrected chi connectivity index (χ3v) is 8.63. The average molecular weight is 542 g/mol. The van der Waals surface area contributed by atoms with E-state index in [2.05, 4.69) is 84.0 Å². The first kappa shape index (κ1) is 26.5. The molecule has 0 amide bonds. The second kappa shape index (κ2) is 10.4. The molecular weight excluding hydrogens is 502 g/mol. The van der Waals surface area contributed by atoms with E-state index in [0.29, 0.717) is 0 Å². The van der Waals surface area contributed by atoms with E-state index in [4.69, 9.17) is 19.4 Å². The number of hydrogen-bond donors (Lipinski definition) is 1. The first-order valence-corrected chi connectivity index (χ1v) is 14.0. The molecule has 9 heteroatoms. The molecule has 0 aliphatic carbocycles. The van der Waals surface area contributed by atoms with Crippen LogP contribution in [0.15, 0.2) is 30.3 Å². The van der Waals surface area contributed by atoms with Crippen molar-refractivity contribution in [3.05, 3.63) is 58.4 Å². The highest BCUT2D eigenvalue weighted by Gasteiger charge is 2.37. The fourth-order valence-corrected chi connectivity index (χ4v) is 6.35. The van der Waals surface area contributed by atoms with Gasteiger partial charge in [-0.05, 0) is 58.1 Å². The molecule has 0 radical (unpaired) electrons. The number of ether oxygens (including phenoxy) is 2. The van der Waals surface area contributed by atoms with Gasteiger partial charge in [-0.25, -0.2) is 9.97 Å². The van der Waals surface area contributed by atoms with Gasteiger partial charge in [0.15, 0.2) is 5.82 Å². The van der Waals surface area contributed by atoms with E-state index in [-0.39, 0.29) is 12.1 Å². The molecule has 0 spiro atoms. The summed E-state index contributed by atoms with van der Waals surface area (Å²) in [6.07, 6.45) is 0.942. The Morgan fingerprint density at radius 2 is 1.77 bits per heavy atom. The summed E-state index contributed by atoms with van der Waals surface area (Å²) in [4.78, 5) is 17.7. The normalized spacial score (nSPS) is 19.1. The first-order valence-electron chi connectivity index (χ1n) is 14.0. The van der Waals surface area contributed by atoms with Crippen molar-refractivity contribution < 1.29 is 9.47 Å². The van der Waals surface area contributed by atoms with Gasteiger partial charge >= 0.3 is 0 Å². The molecule has 2 aromatic heterocycles. The predicted molar refractivity (Wildman–Crippen MR) is 160 cm³/mol. The molecule has 2 aliphatic rings. The number of methoxy groups -OCH3 is 2. The van der Waals surface area contributed by atoms with E-state index in [9.17, 15) is 0 Å². The predicted octanol–water partition coefficient (Wildman–Crippen LogP) is 4.28. The number of hydrogen-bond acceptors (Lipinski definition) is 8. The Labute approximate surface area is 236 Å². The van der Waals surface area contributed by atoms with Gasteiger partial charge in [-0.2, -0.15) is 5.10 Å². The third-order valence-electron chi connectivity index (χ3n) is 8.63. The highest BCUT2D eigenvalue weighted by atomic mass is 16.5. The molecule has 2 aromatic carbocycles. The number of anilines is 2. The Kier molecular flexibility index (Phi) is 6.88. The lowest BCUT2D eigenvalue weighted by atomic mass is 9.99. The largest absolute Gasteiger partial charge is 0.497 e. The average Bonchev–Trinajstić information content (AvgIpc) is 3.56. The van der Waals surface area contributed by atoms with Crippen LogP contribution in [0.1, 0.15) is 28.1 Å². The van der Waals surface area contributed by atoms with Gasteiger partial charge in [0.25, 0.3) is 0 Å². The highest BCUT2D eigenvalue weighted by Crippen LogP contribution is 2.38. The monoisotopic (exact) mass is 541 g/mol. The Hall–Kier alpha value is -3.69. The van der Waals surface area contributed by atoms with Crippen molar-refractivity contribution in [3.8, 4) is 17.1 Å². The van der Waals surface area contributed by atoms with Crippen LogP contribution in [0.4, 0.5) is 11.5 Å². The van der Waals surface area contributed by atoms with Gasteiger partial charge in [0.05, 0.1) is 30.5 Å². The quantitative estimate of drug-likeness (QED) is 0.387. The van der Waals surface area contributed by atoms with Crippen molar-refractivity contribution in [2.75, 3.05) is 57.7 Å². The SMILES string of the molecule is COc1ccc(C)c(N2CCc3nc(-c4c(C)ccc5n[nH]c(C)c45)nc(N4C[C@H](OC)[C@@H](N(C)C)C4)c3C2)c1. The maximum Gasteiger partial charge on any atom is 0.162 e. The number of aromatic nitrogens is 4. The van der Waals surface area contributed by atoms with Crippen LogP contribution in [0.2, 0.25) is 0 Å². The lowest BCUT2D eigenvalue weighted by molar-refractivity contribution is 0.0639. The minimum absolute atomic E-state index is 0.102. The maximum atomic E-state index is 5.95. The van der Waals surface area contributed by atoms with E-state index in [0.717, 1.165) is 83.4 Å². The summed E-state index contributed by atoms with van der Waals surface area (Å²) in [5.41, 5.74) is 8.92. The zero-order valence-corrected chi connectivity index (χ0v) is 24.6. The van der Waals surface area contributed by atoms with Gasteiger partial charge in [0, 0.05) is 73.7 Å². The summed E-state index contributed by atoms with van der Waals surface area (Å²) in [7, 11) is 7.78. The zero-order valence-electron chi connectivity index (χ0n) is 24.6. The lowest BCUT2D eigenvalue weighted by Crippen LogP contribution is -2.39. The van der Waals surface area contributed by atoms with Gasteiger partial charge in [-0.1, -0.05) is 12.1 Å². The maximum absolute atomic E-state index is 5.95. The molecule has 1 N–H and O–H groups in total. The van der Waals surface area contributed by atoms with Gasteiger partial charge < -0.3 is 24.2 Å². The minimum Gasteiger partial charge on any atom is -0.497 e. The molecule has 6 rings (SSSR count). The minimum atomic E-state index is 0.102. The van der Waals surface area contributed by atoms with Crippen LogP contribution in [0, 0.1) is 20.8 Å². The molecule has 4 aromatic rings. The van der Waals surface area contributed by atoms with E-state index in [1.165, 1.54) is 16.8 Å². The summed E-state index contributed by atoms with van der Waals surface area (Å²) in [5, 5.41) is 8.78. The molecule has 2 atom stereocenters. The molecule has 40 heavy (non-hydrogen) atoms. The van der Waals surface area contributed by atoms with Crippen molar-refractivity contribution in [2.45, 2.75) is 45.9 Å². The third kappa shape index (κ3) is 4.47. The fourth-order valence-electron chi connectivity index (χ4n) is 6.35. The van der Waals surface area contributed by atoms with Crippen molar-refractivity contribution in [1.82, 2.24) is 25.1 Å². The summed E-state index contributed by atoms with van der Waals surface area (Å²) in [6.45, 7) is 9.62. The fraction of sp³-hybridized carbons (Fsp3) is 0.452. The summed E-state index contributed by atoms with van der Waals surface area (Å²) in [5.74, 6) is 2.65. The van der Waals surface area contributed by atoms with Crippen LogP contribution in [0.25, 0.3) is 22.3 Å². The van der Waals surface area contributed by atoms with Crippen molar-refractivity contribution in [3.63, 3.8) is 0 Å². The molecule has 210 valence electrons. The lowest BCUT2D eigenvalue weighted by Gasteiger charge is -2.34. The van der Waals surface area contributed by atoms with Crippen LogP contribution in [-0.2, 0) is 17.7 Å². The number of nitrogens with zero attached hydrogens (tertiary/aromatic N) is 6. The van der Waals surface area contributed by atoms with Gasteiger partial charge in [-0.3, -0.25) is 5.10 Å². The molecule has 9 nitrogen and oxygen atoms in total. The molecule has 1 fully saturated rings. The first-order chi connectivity index (χ1) is 19.3. The topological polar surface area (TPSA) is 82.6 Å². The van der Waals surface area contributed by atoms with E-state index < -0.39 is 0 Å². The molecule has 4 heterocycles. The Morgan fingerprint density at radius 1 is 0.975 bits per heavy atom. The van der Waals surface area contributed by atoms with Crippen LogP contribution >= 0.6 is 0 Å². The van der Waals surface area contributed by atoms with Crippen LogP contribution in [0.3, 0.4) is 0 Å². The molecule has 1 saturated heterocycles. The second-order valence-corrected chi connectivity index (χ2v) is 11.3. The summed E-state index contributed by atoms with van der Waals surface area (Å²) >= 11 is 0. The smallest absolute Gasteiger partial charge is 0.162 e. The number of H-pyrrole nitrogens is 1. The standard InChI is InChI=1S/C31H39N7O2/c1-18-8-10-21(39-6)14-25(18)37-13-12-23-22(15-37)31(38-16-26(36(4)5)27(17-38)40-7)33-30(32-23)28-19(2)9-11-24-29(28)20(3)34-35-24/h8-11,14,26-27H,12-13,15-17H2,1-7H3,(H,34,35)/t26-,27-/m0/s1. The van der Waals surface area contributed by atoms with Gasteiger partial charge in [0.2, 0.25) is 0 Å². The number of aromatic amines is 1. The Morgan fingerprint density at radius 3 is 2.50 bits per heavy atom. The Bertz CT molecular complexity index is 1560. The number of benzene rings is 2. The van der Waals surface area contributed by atoms with E-state index in [1.807, 2.05) is 13.2 Å². The number of likely N-dealkylation sites (N-methyl/N-ethyl adjacent to an activating group) is 1. The van der Waals surface area contributed by atoms with Crippen molar-refractivity contribution >= 4 is 22.4 Å². The van der Waals surface area contributed by atoms with Gasteiger partial charge in [0.1, 0.15) is 11.6 Å². The van der Waals surface area contributed by atoms with Crippen LogP contribution in [-0.4, -0.2) is 85.2 Å². The highest BCUT2D eigenvalue weighted by molar-refractivity contribution is 5.96. The zero-order chi connectivity index (χ0) is 28.1. The molecular formula is C31H39N7O2. The molecule has 2 aliphatic heterocycles. The van der Waals surface area contributed by atoms with Gasteiger partial charge in [-0.15, -0.1) is 0 Å². The van der Waals surface area contributed by atoms with E-state index in [1.54, 1.807) is 7.11 Å². The number of nitrogens with one attached hydrogen (secondary N) is 1. The second-order valence-electron chi connectivity index (χ2n) is 11.3. The number of fused-ring (bicyclic) bond motifs is 2.